The van der Waals surface area contributed by atoms with Gasteiger partial charge in [0.15, 0.2) is 0 Å². The molecule has 1 aromatic rings. The van der Waals surface area contributed by atoms with E-state index in [4.69, 9.17) is 0 Å². The Morgan fingerprint density at radius 1 is 1.30 bits per heavy atom. The van der Waals surface area contributed by atoms with E-state index < -0.39 is 0 Å². The molecule has 1 saturated carbocycles. The Hall–Kier alpha value is -1.58. The lowest BCUT2D eigenvalue weighted by molar-refractivity contribution is 0.0391. The topological polar surface area (TPSA) is 45.2 Å². The number of nitrogens with one attached hydrogen (secondary N) is 1. The molecule has 1 saturated heterocycles. The Morgan fingerprint density at radius 3 is 2.95 bits per heavy atom. The highest BCUT2D eigenvalue weighted by atomic mass is 16.2. The van der Waals surface area contributed by atoms with Crippen LogP contribution in [0.4, 0.5) is 5.69 Å². The second-order valence-electron chi connectivity index (χ2n) is 5.92. The van der Waals surface area contributed by atoms with Gasteiger partial charge in [-0.3, -0.25) is 9.78 Å². The van der Waals surface area contributed by atoms with Crippen LogP contribution in [-0.2, 0) is 0 Å². The van der Waals surface area contributed by atoms with E-state index in [2.05, 4.69) is 15.2 Å². The molecule has 2 atom stereocenters. The van der Waals surface area contributed by atoms with Crippen molar-refractivity contribution >= 4 is 11.6 Å². The predicted molar refractivity (Wildman–Crippen MR) is 79.8 cm³/mol. The molecule has 1 aliphatic carbocycles. The lowest BCUT2D eigenvalue weighted by Gasteiger charge is -2.44. The second-order valence-corrected chi connectivity index (χ2v) is 5.92. The molecule has 0 bridgehead atoms. The van der Waals surface area contributed by atoms with E-state index in [1.54, 1.807) is 12.4 Å². The summed E-state index contributed by atoms with van der Waals surface area (Å²) >= 11 is 0. The molecule has 2 aliphatic rings. The SMILES string of the molecule is CNc1cnccc1C(=O)N1CCC[C@H]2CCCC[C@H]21. The highest BCUT2D eigenvalue weighted by Gasteiger charge is 2.36. The van der Waals surface area contributed by atoms with E-state index in [-0.39, 0.29) is 5.91 Å². The first-order valence-corrected chi connectivity index (χ1v) is 7.74. The first kappa shape index (κ1) is 13.4. The number of likely N-dealkylation sites (tertiary alicyclic amines) is 1. The molecule has 1 amide bonds. The first-order valence-electron chi connectivity index (χ1n) is 7.74. The molecule has 1 aliphatic heterocycles. The Balaban J connectivity index is 1.85. The lowest BCUT2D eigenvalue weighted by Crippen LogP contribution is -2.49. The Labute approximate surface area is 120 Å². The Bertz CT molecular complexity index is 486. The van der Waals surface area contributed by atoms with Gasteiger partial charge in [-0.05, 0) is 37.7 Å². The average Bonchev–Trinajstić information content (AvgIpc) is 2.53. The molecule has 4 nitrogen and oxygen atoms in total. The van der Waals surface area contributed by atoms with Crippen molar-refractivity contribution in [1.29, 1.82) is 0 Å². The third-order valence-electron chi connectivity index (χ3n) is 4.82. The number of pyridine rings is 1. The van der Waals surface area contributed by atoms with Crippen LogP contribution in [-0.4, -0.2) is 35.4 Å². The van der Waals surface area contributed by atoms with Crippen molar-refractivity contribution in [2.45, 2.75) is 44.6 Å². The van der Waals surface area contributed by atoms with Crippen LogP contribution in [0.2, 0.25) is 0 Å². The van der Waals surface area contributed by atoms with E-state index in [9.17, 15) is 4.79 Å². The summed E-state index contributed by atoms with van der Waals surface area (Å²) in [5.41, 5.74) is 1.59. The van der Waals surface area contributed by atoms with Crippen LogP contribution >= 0.6 is 0 Å². The van der Waals surface area contributed by atoms with Gasteiger partial charge in [0.2, 0.25) is 0 Å². The van der Waals surface area contributed by atoms with Crippen molar-refractivity contribution in [3.05, 3.63) is 24.0 Å². The quantitative estimate of drug-likeness (QED) is 0.901. The maximum atomic E-state index is 12.9. The molecule has 0 aromatic carbocycles. The van der Waals surface area contributed by atoms with Gasteiger partial charge in [-0.25, -0.2) is 0 Å². The first-order chi connectivity index (χ1) is 9.81. The molecule has 2 heterocycles. The van der Waals surface area contributed by atoms with Crippen LogP contribution in [0.5, 0.6) is 0 Å². The normalized spacial score (nSPS) is 25.9. The van der Waals surface area contributed by atoms with Crippen molar-refractivity contribution in [1.82, 2.24) is 9.88 Å². The van der Waals surface area contributed by atoms with Gasteiger partial charge in [-0.15, -0.1) is 0 Å². The van der Waals surface area contributed by atoms with Crippen LogP contribution in [0.1, 0.15) is 48.9 Å². The van der Waals surface area contributed by atoms with Crippen LogP contribution < -0.4 is 5.32 Å². The summed E-state index contributed by atoms with van der Waals surface area (Å²) in [6.45, 7) is 0.908. The largest absolute Gasteiger partial charge is 0.386 e. The zero-order chi connectivity index (χ0) is 13.9. The average molecular weight is 273 g/mol. The number of fused-ring (bicyclic) bond motifs is 1. The number of hydrogen-bond donors (Lipinski definition) is 1. The Kier molecular flexibility index (Phi) is 3.90. The zero-order valence-electron chi connectivity index (χ0n) is 12.1. The van der Waals surface area contributed by atoms with Gasteiger partial charge < -0.3 is 10.2 Å². The molecule has 0 radical (unpaired) electrons. The fourth-order valence-corrected chi connectivity index (χ4v) is 3.81. The molecule has 1 N–H and O–H groups in total. The summed E-state index contributed by atoms with van der Waals surface area (Å²) < 4.78 is 0. The molecule has 108 valence electrons. The third kappa shape index (κ3) is 2.39. The molecule has 1 aromatic heterocycles. The van der Waals surface area contributed by atoms with Gasteiger partial charge in [-0.2, -0.15) is 0 Å². The summed E-state index contributed by atoms with van der Waals surface area (Å²) in [4.78, 5) is 19.1. The molecule has 3 rings (SSSR count). The fourth-order valence-electron chi connectivity index (χ4n) is 3.81. The zero-order valence-corrected chi connectivity index (χ0v) is 12.1. The number of hydrogen-bond acceptors (Lipinski definition) is 3. The second kappa shape index (κ2) is 5.81. The van der Waals surface area contributed by atoms with E-state index in [0.29, 0.717) is 6.04 Å². The van der Waals surface area contributed by atoms with Crippen molar-refractivity contribution in [2.24, 2.45) is 5.92 Å². The summed E-state index contributed by atoms with van der Waals surface area (Å²) in [5.74, 6) is 0.898. The van der Waals surface area contributed by atoms with Gasteiger partial charge in [-0.1, -0.05) is 12.8 Å². The van der Waals surface area contributed by atoms with E-state index in [0.717, 1.165) is 30.1 Å². The maximum Gasteiger partial charge on any atom is 0.256 e. The van der Waals surface area contributed by atoms with Gasteiger partial charge in [0.1, 0.15) is 0 Å². The van der Waals surface area contributed by atoms with Crippen molar-refractivity contribution < 1.29 is 4.79 Å². The minimum Gasteiger partial charge on any atom is -0.386 e. The number of aromatic nitrogens is 1. The maximum absolute atomic E-state index is 12.9. The standard InChI is InChI=1S/C16H23N3O/c1-17-14-11-18-9-8-13(14)16(20)19-10-4-6-12-5-2-3-7-15(12)19/h8-9,11-12,15,17H,2-7,10H2,1H3/t12-,15-/m1/s1. The number of carbonyl (C=O) groups excluding carboxylic acids is 1. The van der Waals surface area contributed by atoms with Crippen LogP contribution in [0.15, 0.2) is 18.5 Å². The van der Waals surface area contributed by atoms with Gasteiger partial charge in [0.25, 0.3) is 5.91 Å². The number of amides is 1. The molecule has 0 spiro atoms. The van der Waals surface area contributed by atoms with Crippen molar-refractivity contribution in [3.63, 3.8) is 0 Å². The molecular formula is C16H23N3O. The number of nitrogens with zero attached hydrogens (tertiary/aromatic N) is 2. The van der Waals surface area contributed by atoms with Gasteiger partial charge in [0, 0.05) is 25.8 Å². The van der Waals surface area contributed by atoms with E-state index >= 15 is 0 Å². The highest BCUT2D eigenvalue weighted by Crippen LogP contribution is 2.36. The molecular weight excluding hydrogens is 250 g/mol. The number of carbonyl (C=O) groups is 1. The predicted octanol–water partition coefficient (Wildman–Crippen LogP) is 2.92. The number of rotatable bonds is 2. The summed E-state index contributed by atoms with van der Waals surface area (Å²) in [6.07, 6.45) is 10.9. The summed E-state index contributed by atoms with van der Waals surface area (Å²) in [6, 6.07) is 2.29. The van der Waals surface area contributed by atoms with Crippen LogP contribution in [0.25, 0.3) is 0 Å². The number of anilines is 1. The van der Waals surface area contributed by atoms with Crippen LogP contribution in [0, 0.1) is 5.92 Å². The highest BCUT2D eigenvalue weighted by molar-refractivity contribution is 5.99. The minimum atomic E-state index is 0.174. The van der Waals surface area contributed by atoms with Crippen molar-refractivity contribution in [3.8, 4) is 0 Å². The number of piperidine rings is 1. The lowest BCUT2D eigenvalue weighted by atomic mass is 9.78. The smallest absolute Gasteiger partial charge is 0.256 e. The van der Waals surface area contributed by atoms with Crippen LogP contribution in [0.3, 0.4) is 0 Å². The summed E-state index contributed by atoms with van der Waals surface area (Å²) in [5, 5.41) is 3.08. The summed E-state index contributed by atoms with van der Waals surface area (Å²) in [7, 11) is 1.84. The minimum absolute atomic E-state index is 0.174. The Morgan fingerprint density at radius 2 is 2.10 bits per heavy atom. The third-order valence-corrected chi connectivity index (χ3v) is 4.82. The van der Waals surface area contributed by atoms with E-state index in [1.165, 1.54) is 32.1 Å². The monoisotopic (exact) mass is 273 g/mol. The van der Waals surface area contributed by atoms with E-state index in [1.807, 2.05) is 13.1 Å². The molecule has 4 heteroatoms. The van der Waals surface area contributed by atoms with Gasteiger partial charge >= 0.3 is 0 Å². The fraction of sp³-hybridized carbons (Fsp3) is 0.625. The molecule has 20 heavy (non-hydrogen) atoms. The van der Waals surface area contributed by atoms with Crippen molar-refractivity contribution in [2.75, 3.05) is 18.9 Å². The van der Waals surface area contributed by atoms with Gasteiger partial charge in [0.05, 0.1) is 17.4 Å². The molecule has 0 unspecified atom stereocenters. The molecule has 2 fully saturated rings.